The molecule has 0 saturated heterocycles. The third-order valence-electron chi connectivity index (χ3n) is 4.39. The van der Waals surface area contributed by atoms with Gasteiger partial charge in [0.25, 0.3) is 11.8 Å². The number of hydrogen-bond donors (Lipinski definition) is 2. The molecule has 2 aromatic carbocycles. The molecule has 0 spiro atoms. The van der Waals surface area contributed by atoms with Crippen LogP contribution < -0.4 is 10.6 Å². The first-order valence-corrected chi connectivity index (χ1v) is 9.64. The zero-order valence-electron chi connectivity index (χ0n) is 15.8. The Bertz CT molecular complexity index is 681. The smallest absolute Gasteiger partial charge is 0.251 e. The van der Waals surface area contributed by atoms with Crippen LogP contribution in [0.1, 0.15) is 59.2 Å². The molecule has 0 aromatic heterocycles. The molecule has 2 aromatic rings. The van der Waals surface area contributed by atoms with Gasteiger partial charge in [0.05, 0.1) is 0 Å². The molecular weight excluding hydrogens is 362 g/mol. The monoisotopic (exact) mass is 388 g/mol. The molecule has 0 aliphatic carbocycles. The van der Waals surface area contributed by atoms with Crippen molar-refractivity contribution in [3.63, 3.8) is 0 Å². The Morgan fingerprint density at radius 1 is 0.571 bits per heavy atom. The molecule has 0 heterocycles. The number of hydrogen-bond acceptors (Lipinski definition) is 2. The second-order valence-corrected chi connectivity index (χ2v) is 6.65. The molecule has 0 saturated carbocycles. The van der Waals surface area contributed by atoms with Gasteiger partial charge in [-0.25, -0.2) is 8.78 Å². The number of halogens is 2. The molecule has 0 unspecified atom stereocenters. The van der Waals surface area contributed by atoms with Crippen molar-refractivity contribution in [2.75, 3.05) is 13.1 Å². The van der Waals surface area contributed by atoms with E-state index in [1.807, 2.05) is 0 Å². The minimum atomic E-state index is -0.355. The molecule has 4 nitrogen and oxygen atoms in total. The van der Waals surface area contributed by atoms with E-state index >= 15 is 0 Å². The molecule has 0 bridgehead atoms. The lowest BCUT2D eigenvalue weighted by molar-refractivity contribution is 0.0944. The SMILES string of the molecule is O=C(NCCCCCCCCNC(=O)c1ccc(F)cc1)c1ccc(F)cc1. The average Bonchev–Trinajstić information content (AvgIpc) is 2.70. The largest absolute Gasteiger partial charge is 0.352 e. The van der Waals surface area contributed by atoms with E-state index in [0.717, 1.165) is 38.5 Å². The lowest BCUT2D eigenvalue weighted by Crippen LogP contribution is -2.24. The number of benzene rings is 2. The van der Waals surface area contributed by atoms with Crippen molar-refractivity contribution in [1.29, 1.82) is 0 Å². The van der Waals surface area contributed by atoms with Crippen LogP contribution >= 0.6 is 0 Å². The molecule has 2 N–H and O–H groups in total. The fourth-order valence-corrected chi connectivity index (χ4v) is 2.77. The Morgan fingerprint density at radius 3 is 1.25 bits per heavy atom. The van der Waals surface area contributed by atoms with Gasteiger partial charge >= 0.3 is 0 Å². The number of unbranched alkanes of at least 4 members (excludes halogenated alkanes) is 5. The Hall–Kier alpha value is -2.76. The van der Waals surface area contributed by atoms with Crippen molar-refractivity contribution < 1.29 is 18.4 Å². The fourth-order valence-electron chi connectivity index (χ4n) is 2.77. The summed E-state index contributed by atoms with van der Waals surface area (Å²) in [4.78, 5) is 23.7. The number of carbonyl (C=O) groups excluding carboxylic acids is 2. The van der Waals surface area contributed by atoms with E-state index in [0.29, 0.717) is 24.2 Å². The lowest BCUT2D eigenvalue weighted by Gasteiger charge is -2.06. The highest BCUT2D eigenvalue weighted by molar-refractivity contribution is 5.94. The van der Waals surface area contributed by atoms with E-state index in [1.54, 1.807) is 0 Å². The molecule has 0 aliphatic rings. The molecule has 2 rings (SSSR count). The van der Waals surface area contributed by atoms with E-state index in [1.165, 1.54) is 48.5 Å². The van der Waals surface area contributed by atoms with Gasteiger partial charge < -0.3 is 10.6 Å². The predicted octanol–water partition coefficient (Wildman–Crippen LogP) is 4.47. The van der Waals surface area contributed by atoms with E-state index in [2.05, 4.69) is 10.6 Å². The van der Waals surface area contributed by atoms with Gasteiger partial charge in [-0.3, -0.25) is 9.59 Å². The third-order valence-corrected chi connectivity index (χ3v) is 4.39. The number of amides is 2. The van der Waals surface area contributed by atoms with Crippen molar-refractivity contribution >= 4 is 11.8 Å². The fraction of sp³-hybridized carbons (Fsp3) is 0.364. The van der Waals surface area contributed by atoms with Crippen molar-refractivity contribution in [1.82, 2.24) is 10.6 Å². The minimum Gasteiger partial charge on any atom is -0.352 e. The highest BCUT2D eigenvalue weighted by atomic mass is 19.1. The standard InChI is InChI=1S/C22H26F2N2O2/c23-19-11-7-17(8-12-19)21(27)25-15-5-3-1-2-4-6-16-26-22(28)18-9-13-20(24)14-10-18/h7-14H,1-6,15-16H2,(H,25,27)(H,26,28). The first kappa shape index (κ1) is 21.5. The maximum atomic E-state index is 12.8. The Balaban J connectivity index is 1.44. The summed E-state index contributed by atoms with van der Waals surface area (Å²) in [6.45, 7) is 1.20. The van der Waals surface area contributed by atoms with Crippen LogP contribution in [-0.2, 0) is 0 Å². The highest BCUT2D eigenvalue weighted by Gasteiger charge is 2.05. The first-order valence-electron chi connectivity index (χ1n) is 9.64. The molecule has 0 aliphatic heterocycles. The van der Waals surface area contributed by atoms with Crippen LogP contribution in [0.3, 0.4) is 0 Å². The minimum absolute atomic E-state index is 0.183. The van der Waals surface area contributed by atoms with E-state index in [-0.39, 0.29) is 23.4 Å². The van der Waals surface area contributed by atoms with Gasteiger partial charge in [-0.05, 0) is 61.4 Å². The molecule has 6 heteroatoms. The second kappa shape index (κ2) is 11.8. The lowest BCUT2D eigenvalue weighted by atomic mass is 10.1. The van der Waals surface area contributed by atoms with Gasteiger partial charge in [-0.15, -0.1) is 0 Å². The number of nitrogens with one attached hydrogen (secondary N) is 2. The zero-order chi connectivity index (χ0) is 20.2. The summed E-state index contributed by atoms with van der Waals surface area (Å²) in [5.41, 5.74) is 0.924. The summed E-state index contributed by atoms with van der Waals surface area (Å²) in [5.74, 6) is -1.08. The Labute approximate surface area is 164 Å². The third kappa shape index (κ3) is 7.86. The summed E-state index contributed by atoms with van der Waals surface area (Å²) >= 11 is 0. The van der Waals surface area contributed by atoms with E-state index in [4.69, 9.17) is 0 Å². The van der Waals surface area contributed by atoms with Crippen molar-refractivity contribution in [2.45, 2.75) is 38.5 Å². The Morgan fingerprint density at radius 2 is 0.893 bits per heavy atom. The molecule has 0 atom stereocenters. The number of rotatable bonds is 11. The molecular formula is C22H26F2N2O2. The van der Waals surface area contributed by atoms with Gasteiger partial charge in [0, 0.05) is 24.2 Å². The topological polar surface area (TPSA) is 58.2 Å². The normalized spacial score (nSPS) is 10.5. The summed E-state index contributed by atoms with van der Waals surface area (Å²) in [6.07, 6.45) is 5.97. The first-order chi connectivity index (χ1) is 13.6. The van der Waals surface area contributed by atoms with Crippen LogP contribution in [-0.4, -0.2) is 24.9 Å². The van der Waals surface area contributed by atoms with E-state index < -0.39 is 0 Å². The second-order valence-electron chi connectivity index (χ2n) is 6.65. The maximum Gasteiger partial charge on any atom is 0.251 e. The highest BCUT2D eigenvalue weighted by Crippen LogP contribution is 2.06. The maximum absolute atomic E-state index is 12.8. The molecule has 2 amide bonds. The van der Waals surface area contributed by atoms with Crippen molar-refractivity contribution in [2.24, 2.45) is 0 Å². The summed E-state index contributed by atoms with van der Waals surface area (Å²) in [5, 5.41) is 5.66. The van der Waals surface area contributed by atoms with Crippen LogP contribution in [0.4, 0.5) is 8.78 Å². The van der Waals surface area contributed by atoms with Crippen molar-refractivity contribution in [3.8, 4) is 0 Å². The molecule has 0 radical (unpaired) electrons. The summed E-state index contributed by atoms with van der Waals surface area (Å²) < 4.78 is 25.6. The summed E-state index contributed by atoms with van der Waals surface area (Å²) in [6, 6.07) is 11.0. The van der Waals surface area contributed by atoms with Crippen molar-refractivity contribution in [3.05, 3.63) is 71.3 Å². The zero-order valence-corrected chi connectivity index (χ0v) is 15.8. The van der Waals surface area contributed by atoms with Crippen LogP contribution in [0.2, 0.25) is 0 Å². The predicted molar refractivity (Wildman–Crippen MR) is 105 cm³/mol. The van der Waals surface area contributed by atoms with Crippen LogP contribution in [0.25, 0.3) is 0 Å². The quantitative estimate of drug-likeness (QED) is 0.558. The molecule has 28 heavy (non-hydrogen) atoms. The van der Waals surface area contributed by atoms with Gasteiger partial charge in [0.1, 0.15) is 11.6 Å². The average molecular weight is 388 g/mol. The summed E-state index contributed by atoms with van der Waals surface area (Å²) in [7, 11) is 0. The molecule has 0 fully saturated rings. The van der Waals surface area contributed by atoms with Crippen LogP contribution in [0, 0.1) is 11.6 Å². The number of carbonyl (C=O) groups is 2. The van der Waals surface area contributed by atoms with Crippen LogP contribution in [0.5, 0.6) is 0 Å². The molecule has 150 valence electrons. The van der Waals surface area contributed by atoms with Crippen LogP contribution in [0.15, 0.2) is 48.5 Å². The van der Waals surface area contributed by atoms with Gasteiger partial charge in [0.2, 0.25) is 0 Å². The van der Waals surface area contributed by atoms with E-state index in [9.17, 15) is 18.4 Å². The van der Waals surface area contributed by atoms with Gasteiger partial charge in [0.15, 0.2) is 0 Å². The van der Waals surface area contributed by atoms with Gasteiger partial charge in [-0.2, -0.15) is 0 Å². The van der Waals surface area contributed by atoms with Gasteiger partial charge in [-0.1, -0.05) is 25.7 Å². The Kier molecular flexibility index (Phi) is 9.11.